The van der Waals surface area contributed by atoms with Crippen molar-refractivity contribution in [2.75, 3.05) is 19.3 Å². The van der Waals surface area contributed by atoms with E-state index in [4.69, 9.17) is 0 Å². The molecule has 0 saturated carbocycles. The highest BCUT2D eigenvalue weighted by Gasteiger charge is 2.52. The molecule has 2 aliphatic heterocycles. The van der Waals surface area contributed by atoms with Crippen LogP contribution in [0.15, 0.2) is 28.8 Å². The first-order chi connectivity index (χ1) is 10.9. The quantitative estimate of drug-likeness (QED) is 0.852. The van der Waals surface area contributed by atoms with E-state index in [1.165, 1.54) is 10.6 Å². The molecule has 4 rings (SSSR count). The molecule has 8 nitrogen and oxygen atoms in total. The lowest BCUT2D eigenvalue weighted by atomic mass is 9.89. The van der Waals surface area contributed by atoms with Gasteiger partial charge in [-0.2, -0.15) is 0 Å². The molecule has 0 bridgehead atoms. The van der Waals surface area contributed by atoms with E-state index in [2.05, 4.69) is 27.2 Å². The van der Waals surface area contributed by atoms with E-state index in [0.717, 1.165) is 22.4 Å². The number of nitrogens with zero attached hydrogens (tertiary/aromatic N) is 5. The van der Waals surface area contributed by atoms with E-state index in [1.54, 1.807) is 6.20 Å². The molecule has 2 aromatic rings. The summed E-state index contributed by atoms with van der Waals surface area (Å²) < 4.78 is 25.0. The van der Waals surface area contributed by atoms with Gasteiger partial charge in [-0.05, 0) is 13.0 Å². The number of aromatic nitrogens is 2. The molecule has 0 amide bonds. The summed E-state index contributed by atoms with van der Waals surface area (Å²) in [4.78, 5) is 7.44. The number of H-pyrrole nitrogens is 1. The van der Waals surface area contributed by atoms with Crippen LogP contribution in [0.1, 0.15) is 19.8 Å². The predicted octanol–water partition coefficient (Wildman–Crippen LogP) is 2.16. The van der Waals surface area contributed by atoms with Crippen molar-refractivity contribution in [1.29, 1.82) is 0 Å². The number of hydrogen-bond donors (Lipinski definition) is 1. The van der Waals surface area contributed by atoms with Crippen LogP contribution < -0.4 is 5.01 Å². The first kappa shape index (κ1) is 14.7. The smallest absolute Gasteiger partial charge is 0.254 e. The average molecular weight is 334 g/mol. The Morgan fingerprint density at radius 3 is 2.78 bits per heavy atom. The molecule has 1 radical (unpaired) electrons. The molecular formula is C14H18N6O2S+. The molecule has 2 aromatic heterocycles. The van der Waals surface area contributed by atoms with Crippen LogP contribution in [0.3, 0.4) is 0 Å². The first-order valence-electron chi connectivity index (χ1n) is 7.52. The molecule has 0 aromatic carbocycles. The summed E-state index contributed by atoms with van der Waals surface area (Å²) in [6.45, 7) is 3.11. The zero-order chi connectivity index (χ0) is 16.2. The fourth-order valence-electron chi connectivity index (χ4n) is 3.31. The molecule has 121 valence electrons. The van der Waals surface area contributed by atoms with E-state index < -0.39 is 10.0 Å². The molecule has 1 fully saturated rings. The molecule has 1 N–H and O–H groups in total. The van der Waals surface area contributed by atoms with Crippen molar-refractivity contribution in [2.24, 2.45) is 10.3 Å². The lowest BCUT2D eigenvalue weighted by Crippen LogP contribution is -2.52. The van der Waals surface area contributed by atoms with Gasteiger partial charge in [0.15, 0.2) is 11.2 Å². The number of hydrogen-bond acceptors (Lipinski definition) is 6. The van der Waals surface area contributed by atoms with Gasteiger partial charge in [-0.25, -0.2) is 17.7 Å². The number of nitrogens with one attached hydrogen (secondary N) is 1. The average Bonchev–Trinajstić information content (AvgIpc) is 3.12. The van der Waals surface area contributed by atoms with E-state index >= 15 is 0 Å². The summed E-state index contributed by atoms with van der Waals surface area (Å²) >= 11 is 0. The van der Waals surface area contributed by atoms with Gasteiger partial charge in [0, 0.05) is 37.1 Å². The zero-order valence-corrected chi connectivity index (χ0v) is 13.8. The number of pyridine rings is 1. The lowest BCUT2D eigenvalue weighted by Gasteiger charge is -2.34. The molecule has 0 unspecified atom stereocenters. The normalized spacial score (nSPS) is 21.8. The highest BCUT2D eigenvalue weighted by atomic mass is 32.2. The van der Waals surface area contributed by atoms with Crippen molar-refractivity contribution < 1.29 is 8.42 Å². The summed E-state index contributed by atoms with van der Waals surface area (Å²) in [5.74, 6) is 0. The third-order valence-corrected chi connectivity index (χ3v) is 6.08. The van der Waals surface area contributed by atoms with Gasteiger partial charge in [0.1, 0.15) is 5.65 Å². The molecule has 4 heterocycles. The highest BCUT2D eigenvalue weighted by molar-refractivity contribution is 7.88. The molecule has 1 saturated heterocycles. The van der Waals surface area contributed by atoms with Gasteiger partial charge in [-0.15, -0.1) is 0 Å². The van der Waals surface area contributed by atoms with E-state index in [9.17, 15) is 8.42 Å². The van der Waals surface area contributed by atoms with E-state index in [1.807, 2.05) is 17.3 Å². The van der Waals surface area contributed by atoms with E-state index in [0.29, 0.717) is 25.9 Å². The van der Waals surface area contributed by atoms with Crippen LogP contribution in [0, 0.1) is 0 Å². The second-order valence-electron chi connectivity index (χ2n) is 6.39. The first-order valence-corrected chi connectivity index (χ1v) is 9.36. The minimum atomic E-state index is -3.14. The Kier molecular flexibility index (Phi) is 3.09. The van der Waals surface area contributed by atoms with Crippen molar-refractivity contribution in [3.63, 3.8) is 0 Å². The monoisotopic (exact) mass is 334 g/mol. The Morgan fingerprint density at radius 1 is 1.35 bits per heavy atom. The van der Waals surface area contributed by atoms with E-state index in [-0.39, 0.29) is 5.54 Å². The predicted molar refractivity (Wildman–Crippen MR) is 86.5 cm³/mol. The maximum atomic E-state index is 11.7. The maximum absolute atomic E-state index is 11.7. The molecule has 2 aliphatic rings. The molecule has 9 heteroatoms. The van der Waals surface area contributed by atoms with Crippen LogP contribution in [0.2, 0.25) is 0 Å². The number of fused-ring (bicyclic) bond motifs is 3. The number of anilines is 1. The Hall–Kier alpha value is -1.84. The summed E-state index contributed by atoms with van der Waals surface area (Å²) in [5, 5.41) is 11.5. The second-order valence-corrected chi connectivity index (χ2v) is 8.37. The Labute approximate surface area is 134 Å². The summed E-state index contributed by atoms with van der Waals surface area (Å²) in [6.07, 6.45) is 6.23. The van der Waals surface area contributed by atoms with Crippen molar-refractivity contribution in [3.05, 3.63) is 18.5 Å². The standard InChI is InChI=1S/C14H18N6O2S/c1-14(4-7-19(8-5-14)23(2,21)22)20-12-10-3-6-15-13(10)16-9-11(12)17-18-20/h3,6,9H,4-5,7-8H2,1-2H3,(H,15,16)/q+1. The maximum Gasteiger partial charge on any atom is 0.254 e. The fourth-order valence-corrected chi connectivity index (χ4v) is 4.15. The van der Waals surface area contributed by atoms with Gasteiger partial charge in [-0.1, -0.05) is 5.11 Å². The van der Waals surface area contributed by atoms with Crippen molar-refractivity contribution in [2.45, 2.75) is 25.3 Å². The van der Waals surface area contributed by atoms with Crippen LogP contribution in [0.25, 0.3) is 11.0 Å². The van der Waals surface area contributed by atoms with Crippen LogP contribution >= 0.6 is 0 Å². The lowest BCUT2D eigenvalue weighted by molar-refractivity contribution is 0.168. The Bertz CT molecular complexity index is 895. The second kappa shape index (κ2) is 4.83. The summed E-state index contributed by atoms with van der Waals surface area (Å²) in [7, 11) is -3.14. The van der Waals surface area contributed by atoms with Gasteiger partial charge >= 0.3 is 0 Å². The Balaban J connectivity index is 1.69. The largest absolute Gasteiger partial charge is 0.346 e. The highest BCUT2D eigenvalue weighted by Crippen LogP contribution is 2.45. The number of piperidine rings is 1. The topological polar surface area (TPSA) is 96.7 Å². The number of sulfonamides is 1. The minimum Gasteiger partial charge on any atom is -0.346 e. The van der Waals surface area contributed by atoms with Gasteiger partial charge < -0.3 is 4.98 Å². The summed E-state index contributed by atoms with van der Waals surface area (Å²) in [5.41, 5.74) is 2.25. The minimum absolute atomic E-state index is 0.262. The fraction of sp³-hybridized carbons (Fsp3) is 0.500. The molecular weight excluding hydrogens is 316 g/mol. The van der Waals surface area contributed by atoms with Crippen molar-refractivity contribution >= 4 is 32.4 Å². The van der Waals surface area contributed by atoms with Crippen LogP contribution in [0.4, 0.5) is 11.4 Å². The van der Waals surface area contributed by atoms with Gasteiger partial charge in [0.05, 0.1) is 23.1 Å². The molecule has 23 heavy (non-hydrogen) atoms. The molecule has 0 atom stereocenters. The third-order valence-electron chi connectivity index (χ3n) is 4.77. The Morgan fingerprint density at radius 2 is 2.09 bits per heavy atom. The van der Waals surface area contributed by atoms with Gasteiger partial charge in [0.2, 0.25) is 10.0 Å². The zero-order valence-electron chi connectivity index (χ0n) is 13.0. The van der Waals surface area contributed by atoms with Crippen molar-refractivity contribution in [3.8, 4) is 0 Å². The van der Waals surface area contributed by atoms with Crippen molar-refractivity contribution in [1.82, 2.24) is 19.3 Å². The van der Waals surface area contributed by atoms with Crippen LogP contribution in [0.5, 0.6) is 0 Å². The third kappa shape index (κ3) is 2.27. The van der Waals surface area contributed by atoms with Crippen LogP contribution in [-0.4, -0.2) is 47.6 Å². The number of rotatable bonds is 2. The molecule has 0 spiro atoms. The van der Waals surface area contributed by atoms with Gasteiger partial charge in [0.25, 0.3) is 5.69 Å². The van der Waals surface area contributed by atoms with Crippen LogP contribution in [-0.2, 0) is 10.0 Å². The summed E-state index contributed by atoms with van der Waals surface area (Å²) in [6, 6.07) is 1.97. The molecule has 0 aliphatic carbocycles. The van der Waals surface area contributed by atoms with Gasteiger partial charge in [-0.3, -0.25) is 0 Å². The number of aromatic amines is 1. The SMILES string of the molecule is CC1([N+]2N=Nc3cnc4[nH]ccc4c32)CCN(S(C)(=O)=O)CC1.